The first-order valence-electron chi connectivity index (χ1n) is 7.92. The third-order valence-electron chi connectivity index (χ3n) is 5.06. The Kier molecular flexibility index (Phi) is 6.65. The zero-order chi connectivity index (χ0) is 13.6. The number of hydrogen-bond acceptors (Lipinski definition) is 2. The molecule has 0 aromatic heterocycles. The van der Waals surface area contributed by atoms with Crippen LogP contribution in [-0.4, -0.2) is 37.6 Å². The second kappa shape index (κ2) is 7.49. The van der Waals surface area contributed by atoms with Crippen LogP contribution in [0, 0.1) is 11.8 Å². The van der Waals surface area contributed by atoms with Crippen LogP contribution in [0.4, 0.5) is 0 Å². The van der Waals surface area contributed by atoms with Gasteiger partial charge in [-0.15, -0.1) is 0 Å². The van der Waals surface area contributed by atoms with E-state index in [4.69, 9.17) is 0 Å². The van der Waals surface area contributed by atoms with E-state index in [1.807, 2.05) is 0 Å². The second-order valence-electron chi connectivity index (χ2n) is 6.63. The lowest BCUT2D eigenvalue weighted by Gasteiger charge is -2.45. The Morgan fingerprint density at radius 2 is 1.94 bits per heavy atom. The third kappa shape index (κ3) is 4.24. The van der Waals surface area contributed by atoms with E-state index >= 15 is 0 Å². The summed E-state index contributed by atoms with van der Waals surface area (Å²) in [5.41, 5.74) is 0.406. The highest BCUT2D eigenvalue weighted by molar-refractivity contribution is 4.94. The van der Waals surface area contributed by atoms with Crippen molar-refractivity contribution in [3.8, 4) is 0 Å². The van der Waals surface area contributed by atoms with Gasteiger partial charge >= 0.3 is 0 Å². The van der Waals surface area contributed by atoms with Gasteiger partial charge in [0.2, 0.25) is 0 Å². The Bertz CT molecular complexity index is 223. The molecule has 108 valence electrons. The SMILES string of the molecule is CCC(CC)CNCC1(N(C)C)CCCC(C)C1. The van der Waals surface area contributed by atoms with Gasteiger partial charge in [0, 0.05) is 12.1 Å². The molecule has 1 fully saturated rings. The summed E-state index contributed by atoms with van der Waals surface area (Å²) in [6, 6.07) is 0. The number of nitrogens with one attached hydrogen (secondary N) is 1. The number of hydrogen-bond donors (Lipinski definition) is 1. The highest BCUT2D eigenvalue weighted by Gasteiger charge is 2.36. The van der Waals surface area contributed by atoms with E-state index in [1.54, 1.807) is 0 Å². The van der Waals surface area contributed by atoms with Gasteiger partial charge in [-0.25, -0.2) is 0 Å². The first-order valence-corrected chi connectivity index (χ1v) is 7.92. The van der Waals surface area contributed by atoms with Crippen LogP contribution >= 0.6 is 0 Å². The molecule has 2 unspecified atom stereocenters. The molecule has 0 aliphatic heterocycles. The molecule has 0 bridgehead atoms. The van der Waals surface area contributed by atoms with Crippen molar-refractivity contribution in [1.82, 2.24) is 10.2 Å². The smallest absolute Gasteiger partial charge is 0.0330 e. The number of rotatable bonds is 7. The Balaban J connectivity index is 2.47. The molecule has 0 heterocycles. The molecule has 1 saturated carbocycles. The molecule has 0 amide bonds. The molecule has 0 aromatic carbocycles. The van der Waals surface area contributed by atoms with Crippen LogP contribution in [0.25, 0.3) is 0 Å². The van der Waals surface area contributed by atoms with Crippen LogP contribution in [0.2, 0.25) is 0 Å². The van der Waals surface area contributed by atoms with Crippen molar-refractivity contribution in [2.45, 2.75) is 64.8 Å². The van der Waals surface area contributed by atoms with Gasteiger partial charge in [0.25, 0.3) is 0 Å². The molecule has 2 atom stereocenters. The Morgan fingerprint density at radius 1 is 1.28 bits per heavy atom. The summed E-state index contributed by atoms with van der Waals surface area (Å²) in [6.07, 6.45) is 8.13. The van der Waals surface area contributed by atoms with Gasteiger partial charge < -0.3 is 10.2 Å². The minimum atomic E-state index is 0.406. The maximum Gasteiger partial charge on any atom is 0.0330 e. The largest absolute Gasteiger partial charge is 0.315 e. The second-order valence-corrected chi connectivity index (χ2v) is 6.63. The van der Waals surface area contributed by atoms with Crippen molar-refractivity contribution in [2.75, 3.05) is 27.2 Å². The predicted octanol–water partition coefficient (Wildman–Crippen LogP) is 3.52. The quantitative estimate of drug-likeness (QED) is 0.748. The highest BCUT2D eigenvalue weighted by Crippen LogP contribution is 2.35. The first-order chi connectivity index (χ1) is 8.54. The minimum Gasteiger partial charge on any atom is -0.315 e. The molecule has 1 aliphatic carbocycles. The summed E-state index contributed by atoms with van der Waals surface area (Å²) >= 11 is 0. The van der Waals surface area contributed by atoms with Gasteiger partial charge in [0.1, 0.15) is 0 Å². The highest BCUT2D eigenvalue weighted by atomic mass is 15.2. The van der Waals surface area contributed by atoms with Crippen molar-refractivity contribution in [2.24, 2.45) is 11.8 Å². The van der Waals surface area contributed by atoms with Gasteiger partial charge in [-0.2, -0.15) is 0 Å². The molecule has 1 N–H and O–H groups in total. The Hall–Kier alpha value is -0.0800. The summed E-state index contributed by atoms with van der Waals surface area (Å²) in [5, 5.41) is 3.76. The van der Waals surface area contributed by atoms with Gasteiger partial charge in [0.15, 0.2) is 0 Å². The zero-order valence-corrected chi connectivity index (χ0v) is 13.3. The maximum atomic E-state index is 3.76. The van der Waals surface area contributed by atoms with Crippen molar-refractivity contribution in [3.05, 3.63) is 0 Å². The van der Waals surface area contributed by atoms with Crippen molar-refractivity contribution in [3.63, 3.8) is 0 Å². The molecular weight excluding hydrogens is 220 g/mol. The lowest BCUT2D eigenvalue weighted by atomic mass is 9.75. The fourth-order valence-corrected chi connectivity index (χ4v) is 3.44. The van der Waals surface area contributed by atoms with Crippen LogP contribution < -0.4 is 5.32 Å². The lowest BCUT2D eigenvalue weighted by Crippen LogP contribution is -2.54. The molecule has 0 aromatic rings. The standard InChI is InChI=1S/C16H34N2/c1-6-15(7-2)12-17-13-16(18(4)5)10-8-9-14(3)11-16/h14-15,17H,6-13H2,1-5H3. The topological polar surface area (TPSA) is 15.3 Å². The Morgan fingerprint density at radius 3 is 2.44 bits per heavy atom. The molecule has 0 saturated heterocycles. The van der Waals surface area contributed by atoms with E-state index in [2.05, 4.69) is 45.1 Å². The summed E-state index contributed by atoms with van der Waals surface area (Å²) in [6.45, 7) is 9.39. The molecule has 0 spiro atoms. The normalized spacial score (nSPS) is 29.2. The van der Waals surface area contributed by atoms with Crippen LogP contribution in [0.1, 0.15) is 59.3 Å². The fraction of sp³-hybridized carbons (Fsp3) is 1.00. The van der Waals surface area contributed by atoms with E-state index in [9.17, 15) is 0 Å². The predicted molar refractivity (Wildman–Crippen MR) is 81.0 cm³/mol. The van der Waals surface area contributed by atoms with E-state index in [-0.39, 0.29) is 0 Å². The van der Waals surface area contributed by atoms with Gasteiger partial charge in [-0.05, 0) is 45.3 Å². The van der Waals surface area contributed by atoms with Crippen molar-refractivity contribution in [1.29, 1.82) is 0 Å². The number of likely N-dealkylation sites (N-methyl/N-ethyl adjacent to an activating group) is 1. The van der Waals surface area contributed by atoms with Crippen molar-refractivity contribution >= 4 is 0 Å². The van der Waals surface area contributed by atoms with Crippen LogP contribution in [-0.2, 0) is 0 Å². The van der Waals surface area contributed by atoms with E-state index < -0.39 is 0 Å². The lowest BCUT2D eigenvalue weighted by molar-refractivity contribution is 0.0742. The average Bonchev–Trinajstić information content (AvgIpc) is 2.34. The van der Waals surface area contributed by atoms with E-state index in [1.165, 1.54) is 51.6 Å². The van der Waals surface area contributed by atoms with Crippen LogP contribution in [0.15, 0.2) is 0 Å². The van der Waals surface area contributed by atoms with Crippen LogP contribution in [0.3, 0.4) is 0 Å². The molecule has 2 heteroatoms. The van der Waals surface area contributed by atoms with Gasteiger partial charge in [-0.1, -0.05) is 46.5 Å². The monoisotopic (exact) mass is 254 g/mol. The van der Waals surface area contributed by atoms with E-state index in [0.29, 0.717) is 5.54 Å². The maximum absolute atomic E-state index is 3.76. The molecular formula is C16H34N2. The average molecular weight is 254 g/mol. The molecule has 18 heavy (non-hydrogen) atoms. The molecule has 1 aliphatic rings. The third-order valence-corrected chi connectivity index (χ3v) is 5.06. The summed E-state index contributed by atoms with van der Waals surface area (Å²) in [7, 11) is 4.52. The van der Waals surface area contributed by atoms with Gasteiger partial charge in [0.05, 0.1) is 0 Å². The molecule has 1 rings (SSSR count). The fourth-order valence-electron chi connectivity index (χ4n) is 3.44. The van der Waals surface area contributed by atoms with Gasteiger partial charge in [-0.3, -0.25) is 0 Å². The van der Waals surface area contributed by atoms with E-state index in [0.717, 1.165) is 11.8 Å². The van der Waals surface area contributed by atoms with Crippen molar-refractivity contribution < 1.29 is 0 Å². The number of nitrogens with zero attached hydrogens (tertiary/aromatic N) is 1. The first kappa shape index (κ1) is 16.0. The summed E-state index contributed by atoms with van der Waals surface area (Å²) < 4.78 is 0. The zero-order valence-electron chi connectivity index (χ0n) is 13.3. The summed E-state index contributed by atoms with van der Waals surface area (Å²) in [5.74, 6) is 1.74. The minimum absolute atomic E-state index is 0.406. The molecule has 0 radical (unpaired) electrons. The van der Waals surface area contributed by atoms with Crippen LogP contribution in [0.5, 0.6) is 0 Å². The summed E-state index contributed by atoms with van der Waals surface area (Å²) in [4.78, 5) is 2.47. The molecule has 2 nitrogen and oxygen atoms in total. The Labute approximate surface area is 115 Å².